The van der Waals surface area contributed by atoms with E-state index in [9.17, 15) is 4.79 Å². The van der Waals surface area contributed by atoms with Gasteiger partial charge in [-0.1, -0.05) is 29.8 Å². The normalized spacial score (nSPS) is 10.4. The SMILES string of the molecule is Cc1ccc(N(CCC(=O)O)Cc2ccc(I)cc2)cc1. The average Bonchev–Trinajstić information content (AvgIpc) is 2.46. The van der Waals surface area contributed by atoms with Gasteiger partial charge in [0.25, 0.3) is 0 Å². The molecule has 0 fully saturated rings. The summed E-state index contributed by atoms with van der Waals surface area (Å²) in [6, 6.07) is 16.5. The molecule has 0 spiro atoms. The van der Waals surface area contributed by atoms with E-state index in [-0.39, 0.29) is 6.42 Å². The van der Waals surface area contributed by atoms with Crippen LogP contribution < -0.4 is 4.90 Å². The van der Waals surface area contributed by atoms with Gasteiger partial charge in [0.1, 0.15) is 0 Å². The Morgan fingerprint density at radius 3 is 2.29 bits per heavy atom. The fourth-order valence-electron chi connectivity index (χ4n) is 2.10. The van der Waals surface area contributed by atoms with Crippen molar-refractivity contribution in [3.05, 3.63) is 63.2 Å². The van der Waals surface area contributed by atoms with E-state index >= 15 is 0 Å². The van der Waals surface area contributed by atoms with Crippen LogP contribution in [0.4, 0.5) is 5.69 Å². The summed E-state index contributed by atoms with van der Waals surface area (Å²) in [5.41, 5.74) is 3.44. The molecule has 1 N–H and O–H groups in total. The number of rotatable bonds is 6. The Morgan fingerprint density at radius 1 is 1.10 bits per heavy atom. The molecule has 0 saturated heterocycles. The quantitative estimate of drug-likeness (QED) is 0.750. The Morgan fingerprint density at radius 2 is 1.71 bits per heavy atom. The van der Waals surface area contributed by atoms with Crippen LogP contribution in [0.3, 0.4) is 0 Å². The average molecular weight is 395 g/mol. The fourth-order valence-corrected chi connectivity index (χ4v) is 2.46. The summed E-state index contributed by atoms with van der Waals surface area (Å²) in [7, 11) is 0. The van der Waals surface area contributed by atoms with Crippen LogP contribution in [-0.4, -0.2) is 17.6 Å². The van der Waals surface area contributed by atoms with Gasteiger partial charge < -0.3 is 10.0 Å². The van der Waals surface area contributed by atoms with Crippen molar-refractivity contribution in [3.8, 4) is 0 Å². The minimum atomic E-state index is -0.769. The van der Waals surface area contributed by atoms with E-state index in [0.29, 0.717) is 13.1 Å². The molecule has 0 aliphatic heterocycles. The fraction of sp³-hybridized carbons (Fsp3) is 0.235. The minimum Gasteiger partial charge on any atom is -0.481 e. The Labute approximate surface area is 138 Å². The van der Waals surface area contributed by atoms with Gasteiger partial charge in [0, 0.05) is 22.3 Å². The van der Waals surface area contributed by atoms with E-state index in [1.807, 2.05) is 19.1 Å². The highest BCUT2D eigenvalue weighted by Crippen LogP contribution is 2.19. The number of hydrogen-bond acceptors (Lipinski definition) is 2. The number of carboxylic acids is 1. The van der Waals surface area contributed by atoms with E-state index in [4.69, 9.17) is 5.11 Å². The van der Waals surface area contributed by atoms with Crippen molar-refractivity contribution in [1.82, 2.24) is 0 Å². The molecule has 0 radical (unpaired) electrons. The number of carboxylic acid groups (broad SMARTS) is 1. The molecule has 0 amide bonds. The second-order valence-electron chi connectivity index (χ2n) is 5.03. The van der Waals surface area contributed by atoms with E-state index < -0.39 is 5.97 Å². The second kappa shape index (κ2) is 7.45. The van der Waals surface area contributed by atoms with E-state index in [1.54, 1.807) is 0 Å². The third kappa shape index (κ3) is 5.04. The van der Waals surface area contributed by atoms with Crippen LogP contribution in [0.15, 0.2) is 48.5 Å². The number of benzene rings is 2. The minimum absolute atomic E-state index is 0.137. The summed E-state index contributed by atoms with van der Waals surface area (Å²) in [6.45, 7) is 3.27. The van der Waals surface area contributed by atoms with Crippen LogP contribution in [0.1, 0.15) is 17.5 Å². The molecule has 110 valence electrons. The highest BCUT2D eigenvalue weighted by molar-refractivity contribution is 14.1. The summed E-state index contributed by atoms with van der Waals surface area (Å²) in [5, 5.41) is 8.93. The molecule has 2 aromatic rings. The molecule has 4 heteroatoms. The van der Waals surface area contributed by atoms with Gasteiger partial charge in [-0.15, -0.1) is 0 Å². The van der Waals surface area contributed by atoms with Crippen molar-refractivity contribution in [2.45, 2.75) is 19.9 Å². The van der Waals surface area contributed by atoms with Crippen LogP contribution >= 0.6 is 22.6 Å². The number of anilines is 1. The van der Waals surface area contributed by atoms with Crippen molar-refractivity contribution in [1.29, 1.82) is 0 Å². The third-order valence-electron chi connectivity index (χ3n) is 3.28. The highest BCUT2D eigenvalue weighted by Gasteiger charge is 2.09. The predicted octanol–water partition coefficient (Wildman–Crippen LogP) is 4.08. The van der Waals surface area contributed by atoms with Crippen LogP contribution in [0, 0.1) is 10.5 Å². The van der Waals surface area contributed by atoms with Crippen LogP contribution in [-0.2, 0) is 11.3 Å². The topological polar surface area (TPSA) is 40.5 Å². The Balaban J connectivity index is 2.16. The Hall–Kier alpha value is -1.56. The van der Waals surface area contributed by atoms with Gasteiger partial charge in [-0.2, -0.15) is 0 Å². The number of hydrogen-bond donors (Lipinski definition) is 1. The molecule has 0 saturated carbocycles. The Kier molecular flexibility index (Phi) is 5.61. The lowest BCUT2D eigenvalue weighted by Crippen LogP contribution is -2.25. The Bertz CT molecular complexity index is 593. The van der Waals surface area contributed by atoms with Gasteiger partial charge in [-0.05, 0) is 59.3 Å². The lowest BCUT2D eigenvalue weighted by atomic mass is 10.1. The molecule has 21 heavy (non-hydrogen) atoms. The number of aryl methyl sites for hydroxylation is 1. The number of aliphatic carboxylic acids is 1. The van der Waals surface area contributed by atoms with Gasteiger partial charge in [-0.25, -0.2) is 0 Å². The maximum Gasteiger partial charge on any atom is 0.305 e. The van der Waals surface area contributed by atoms with E-state index in [0.717, 1.165) is 5.69 Å². The van der Waals surface area contributed by atoms with Crippen molar-refractivity contribution in [2.24, 2.45) is 0 Å². The van der Waals surface area contributed by atoms with Crippen LogP contribution in [0.25, 0.3) is 0 Å². The summed E-state index contributed by atoms with van der Waals surface area (Å²) in [5.74, 6) is -0.769. The maximum atomic E-state index is 10.9. The largest absolute Gasteiger partial charge is 0.481 e. The third-order valence-corrected chi connectivity index (χ3v) is 4.00. The summed E-state index contributed by atoms with van der Waals surface area (Å²) in [6.07, 6.45) is 0.137. The maximum absolute atomic E-state index is 10.9. The van der Waals surface area contributed by atoms with Gasteiger partial charge in [0.15, 0.2) is 0 Å². The predicted molar refractivity (Wildman–Crippen MR) is 93.6 cm³/mol. The summed E-state index contributed by atoms with van der Waals surface area (Å²) >= 11 is 2.28. The first-order valence-electron chi connectivity index (χ1n) is 6.82. The second-order valence-corrected chi connectivity index (χ2v) is 6.27. The number of carbonyl (C=O) groups is 1. The van der Waals surface area contributed by atoms with Crippen molar-refractivity contribution < 1.29 is 9.90 Å². The number of halogens is 1. The molecule has 0 aliphatic carbocycles. The molecule has 0 aliphatic rings. The number of nitrogens with zero attached hydrogens (tertiary/aromatic N) is 1. The molecular formula is C17H18INO2. The zero-order chi connectivity index (χ0) is 15.2. The summed E-state index contributed by atoms with van der Waals surface area (Å²) < 4.78 is 1.20. The molecule has 2 rings (SSSR count). The van der Waals surface area contributed by atoms with Gasteiger partial charge >= 0.3 is 5.97 Å². The van der Waals surface area contributed by atoms with Crippen LogP contribution in [0.2, 0.25) is 0 Å². The molecule has 3 nitrogen and oxygen atoms in total. The summed E-state index contributed by atoms with van der Waals surface area (Å²) in [4.78, 5) is 13.0. The molecule has 0 atom stereocenters. The van der Waals surface area contributed by atoms with Crippen LogP contribution in [0.5, 0.6) is 0 Å². The lowest BCUT2D eigenvalue weighted by Gasteiger charge is -2.24. The van der Waals surface area contributed by atoms with Gasteiger partial charge in [0.2, 0.25) is 0 Å². The lowest BCUT2D eigenvalue weighted by molar-refractivity contribution is -0.136. The van der Waals surface area contributed by atoms with Crippen molar-refractivity contribution in [3.63, 3.8) is 0 Å². The highest BCUT2D eigenvalue weighted by atomic mass is 127. The zero-order valence-corrected chi connectivity index (χ0v) is 14.1. The smallest absolute Gasteiger partial charge is 0.305 e. The van der Waals surface area contributed by atoms with E-state index in [1.165, 1.54) is 14.7 Å². The standard InChI is InChI=1S/C17H18INO2/c1-13-2-8-16(9-3-13)19(11-10-17(20)21)12-14-4-6-15(18)7-5-14/h2-9H,10-12H2,1H3,(H,20,21). The first-order chi connectivity index (χ1) is 10.0. The molecule has 2 aromatic carbocycles. The molecule has 0 heterocycles. The first-order valence-corrected chi connectivity index (χ1v) is 7.90. The van der Waals surface area contributed by atoms with Gasteiger partial charge in [-0.3, -0.25) is 4.79 Å². The molecule has 0 bridgehead atoms. The molecule has 0 aromatic heterocycles. The molecular weight excluding hydrogens is 377 g/mol. The van der Waals surface area contributed by atoms with E-state index in [2.05, 4.69) is 63.9 Å². The monoisotopic (exact) mass is 395 g/mol. The van der Waals surface area contributed by atoms with Crippen molar-refractivity contribution >= 4 is 34.2 Å². The zero-order valence-electron chi connectivity index (χ0n) is 11.9. The molecule has 0 unspecified atom stereocenters. The van der Waals surface area contributed by atoms with Crippen molar-refractivity contribution in [2.75, 3.05) is 11.4 Å². The van der Waals surface area contributed by atoms with Gasteiger partial charge in [0.05, 0.1) is 6.42 Å². The first kappa shape index (κ1) is 15.8.